The van der Waals surface area contributed by atoms with Crippen molar-refractivity contribution < 1.29 is 4.74 Å². The van der Waals surface area contributed by atoms with Gasteiger partial charge in [-0.1, -0.05) is 0 Å². The number of hydrogen-bond donors (Lipinski definition) is 2. The monoisotopic (exact) mass is 227 g/mol. The smallest absolute Gasteiger partial charge is 0.132 e. The van der Waals surface area contributed by atoms with Gasteiger partial charge in [0.25, 0.3) is 0 Å². The molecule has 0 unspecified atom stereocenters. The fourth-order valence-corrected chi connectivity index (χ4v) is 1.54. The number of methoxy groups -OCH3 is 1. The first-order valence-electron chi connectivity index (χ1n) is 5.16. The van der Waals surface area contributed by atoms with E-state index in [1.807, 2.05) is 24.3 Å². The van der Waals surface area contributed by atoms with E-state index in [1.165, 1.54) is 0 Å². The largest absolute Gasteiger partial charge is 0.497 e. The molecule has 86 valence electrons. The van der Waals surface area contributed by atoms with Crippen LogP contribution in [0.4, 0.5) is 5.82 Å². The number of nitrogens with one attached hydrogen (secondary N) is 1. The van der Waals surface area contributed by atoms with Crippen LogP contribution in [-0.4, -0.2) is 17.8 Å². The molecule has 0 bridgehead atoms. The lowest BCUT2D eigenvalue weighted by Crippen LogP contribution is -2.06. The second kappa shape index (κ2) is 4.65. The fourth-order valence-electron chi connectivity index (χ4n) is 1.54. The van der Waals surface area contributed by atoms with Crippen LogP contribution in [0.2, 0.25) is 0 Å². The van der Waals surface area contributed by atoms with Gasteiger partial charge in [-0.05, 0) is 36.4 Å². The highest BCUT2D eigenvalue weighted by Crippen LogP contribution is 2.17. The van der Waals surface area contributed by atoms with Gasteiger partial charge in [-0.3, -0.25) is 5.41 Å². The first kappa shape index (κ1) is 11.1. The van der Waals surface area contributed by atoms with Gasteiger partial charge in [0.15, 0.2) is 0 Å². The second-order valence-electron chi connectivity index (χ2n) is 3.54. The Balaban J connectivity index is 2.34. The Morgan fingerprint density at radius 2 is 1.94 bits per heavy atom. The molecule has 0 atom stereocenters. The van der Waals surface area contributed by atoms with Crippen LogP contribution < -0.4 is 10.5 Å². The minimum Gasteiger partial charge on any atom is -0.497 e. The highest BCUT2D eigenvalue weighted by molar-refractivity contribution is 6.13. The van der Waals surface area contributed by atoms with E-state index < -0.39 is 0 Å². The van der Waals surface area contributed by atoms with Crippen molar-refractivity contribution in [2.24, 2.45) is 0 Å². The summed E-state index contributed by atoms with van der Waals surface area (Å²) < 4.78 is 5.07. The Labute approximate surface area is 99.6 Å². The van der Waals surface area contributed by atoms with E-state index in [0.29, 0.717) is 17.1 Å². The Morgan fingerprint density at radius 3 is 2.53 bits per heavy atom. The zero-order valence-electron chi connectivity index (χ0n) is 9.47. The van der Waals surface area contributed by atoms with E-state index in [1.54, 1.807) is 25.4 Å². The number of pyridine rings is 1. The molecule has 1 heterocycles. The van der Waals surface area contributed by atoms with Crippen LogP contribution >= 0.6 is 0 Å². The molecule has 0 saturated carbocycles. The third-order valence-electron chi connectivity index (χ3n) is 2.49. The van der Waals surface area contributed by atoms with Crippen molar-refractivity contribution in [3.63, 3.8) is 0 Å². The third kappa shape index (κ3) is 2.25. The number of benzene rings is 1. The molecule has 0 radical (unpaired) electrons. The molecular weight excluding hydrogens is 214 g/mol. The molecule has 17 heavy (non-hydrogen) atoms. The average molecular weight is 227 g/mol. The molecule has 2 aromatic rings. The number of ether oxygens (including phenoxy) is 1. The van der Waals surface area contributed by atoms with Crippen LogP contribution in [-0.2, 0) is 0 Å². The van der Waals surface area contributed by atoms with Crippen molar-refractivity contribution in [1.82, 2.24) is 4.98 Å². The molecule has 0 fully saturated rings. The molecule has 0 aliphatic heterocycles. The number of rotatable bonds is 3. The Morgan fingerprint density at radius 1 is 1.24 bits per heavy atom. The molecule has 0 amide bonds. The summed E-state index contributed by atoms with van der Waals surface area (Å²) in [7, 11) is 1.61. The number of nitrogen functional groups attached to an aromatic ring is 1. The minimum atomic E-state index is 0.359. The maximum atomic E-state index is 8.08. The summed E-state index contributed by atoms with van der Waals surface area (Å²) in [6.45, 7) is 0. The van der Waals surface area contributed by atoms with Crippen LogP contribution in [0.25, 0.3) is 0 Å². The maximum Gasteiger partial charge on any atom is 0.132 e. The summed E-state index contributed by atoms with van der Waals surface area (Å²) in [5.74, 6) is 1.13. The Bertz CT molecular complexity index is 535. The van der Waals surface area contributed by atoms with Crippen molar-refractivity contribution >= 4 is 11.5 Å². The van der Waals surface area contributed by atoms with Gasteiger partial charge in [0.2, 0.25) is 0 Å². The first-order chi connectivity index (χ1) is 8.22. The van der Waals surface area contributed by atoms with Gasteiger partial charge in [-0.2, -0.15) is 0 Å². The summed E-state index contributed by atoms with van der Waals surface area (Å²) in [6.07, 6.45) is 1.61. The normalized spacial score (nSPS) is 9.94. The van der Waals surface area contributed by atoms with Gasteiger partial charge in [0, 0.05) is 17.3 Å². The van der Waals surface area contributed by atoms with Gasteiger partial charge in [-0.25, -0.2) is 4.98 Å². The highest BCUT2D eigenvalue weighted by atomic mass is 16.5. The van der Waals surface area contributed by atoms with E-state index in [-0.39, 0.29) is 0 Å². The molecule has 0 saturated heterocycles. The van der Waals surface area contributed by atoms with E-state index in [4.69, 9.17) is 15.9 Å². The van der Waals surface area contributed by atoms with Crippen molar-refractivity contribution in [2.45, 2.75) is 0 Å². The van der Waals surface area contributed by atoms with E-state index >= 15 is 0 Å². The molecular formula is C13H13N3O. The molecule has 0 aliphatic rings. The number of nitrogens with two attached hydrogens (primary N) is 1. The van der Waals surface area contributed by atoms with Gasteiger partial charge in [-0.15, -0.1) is 0 Å². The van der Waals surface area contributed by atoms with Crippen LogP contribution in [0.3, 0.4) is 0 Å². The number of anilines is 1. The standard InChI is InChI=1S/C13H13N3O/c1-17-10-6-4-9(5-7-10)12(14)11-3-2-8-16-13(11)15/h2-8,14H,1H3,(H2,15,16). The van der Waals surface area contributed by atoms with E-state index in [0.717, 1.165) is 11.3 Å². The predicted molar refractivity (Wildman–Crippen MR) is 67.6 cm³/mol. The molecule has 4 heteroatoms. The number of nitrogens with zero attached hydrogens (tertiary/aromatic N) is 1. The van der Waals surface area contributed by atoms with Crippen molar-refractivity contribution in [2.75, 3.05) is 12.8 Å². The summed E-state index contributed by atoms with van der Waals surface area (Å²) in [6, 6.07) is 10.8. The Hall–Kier alpha value is -2.36. The maximum absolute atomic E-state index is 8.08. The van der Waals surface area contributed by atoms with Crippen LogP contribution in [0, 0.1) is 5.41 Å². The van der Waals surface area contributed by atoms with E-state index in [2.05, 4.69) is 4.98 Å². The van der Waals surface area contributed by atoms with E-state index in [9.17, 15) is 0 Å². The van der Waals surface area contributed by atoms with Gasteiger partial charge < -0.3 is 10.5 Å². The van der Waals surface area contributed by atoms with Gasteiger partial charge in [0.1, 0.15) is 11.6 Å². The van der Waals surface area contributed by atoms with Crippen molar-refractivity contribution in [1.29, 1.82) is 5.41 Å². The van der Waals surface area contributed by atoms with Gasteiger partial charge in [0.05, 0.1) is 12.8 Å². The molecule has 0 spiro atoms. The zero-order valence-corrected chi connectivity index (χ0v) is 9.47. The lowest BCUT2D eigenvalue weighted by molar-refractivity contribution is 0.415. The average Bonchev–Trinajstić information content (AvgIpc) is 2.39. The number of aromatic nitrogens is 1. The summed E-state index contributed by atoms with van der Waals surface area (Å²) in [5, 5.41) is 8.08. The predicted octanol–water partition coefficient (Wildman–Crippen LogP) is 2.09. The van der Waals surface area contributed by atoms with Crippen molar-refractivity contribution in [3.8, 4) is 5.75 Å². The molecule has 3 N–H and O–H groups in total. The van der Waals surface area contributed by atoms with Crippen LogP contribution in [0.5, 0.6) is 5.75 Å². The quantitative estimate of drug-likeness (QED) is 0.788. The van der Waals surface area contributed by atoms with Gasteiger partial charge >= 0.3 is 0 Å². The lowest BCUT2D eigenvalue weighted by atomic mass is 10.0. The SMILES string of the molecule is COc1ccc(C(=N)c2cccnc2N)cc1. The topological polar surface area (TPSA) is 72.0 Å². The lowest BCUT2D eigenvalue weighted by Gasteiger charge is -2.07. The van der Waals surface area contributed by atoms with Crippen LogP contribution in [0.1, 0.15) is 11.1 Å². The molecule has 1 aromatic carbocycles. The highest BCUT2D eigenvalue weighted by Gasteiger charge is 2.08. The summed E-state index contributed by atoms with van der Waals surface area (Å²) in [4.78, 5) is 3.97. The molecule has 1 aromatic heterocycles. The summed E-state index contributed by atoms with van der Waals surface area (Å²) in [5.41, 5.74) is 7.52. The fraction of sp³-hybridized carbons (Fsp3) is 0.0769. The first-order valence-corrected chi connectivity index (χ1v) is 5.16. The summed E-state index contributed by atoms with van der Waals surface area (Å²) >= 11 is 0. The molecule has 2 rings (SSSR count). The van der Waals surface area contributed by atoms with Crippen molar-refractivity contribution in [3.05, 3.63) is 53.7 Å². The minimum absolute atomic E-state index is 0.359. The second-order valence-corrected chi connectivity index (χ2v) is 3.54. The Kier molecular flexibility index (Phi) is 3.05. The zero-order chi connectivity index (χ0) is 12.3. The number of hydrogen-bond acceptors (Lipinski definition) is 4. The third-order valence-corrected chi connectivity index (χ3v) is 2.49. The van der Waals surface area contributed by atoms with Crippen LogP contribution in [0.15, 0.2) is 42.6 Å². The molecule has 0 aliphatic carbocycles. The molecule has 4 nitrogen and oxygen atoms in total.